The van der Waals surface area contributed by atoms with Gasteiger partial charge in [-0.25, -0.2) is 8.42 Å². The van der Waals surface area contributed by atoms with Crippen molar-refractivity contribution in [3.05, 3.63) is 29.8 Å². The topological polar surface area (TPSA) is 46.2 Å². The fraction of sp³-hybridized carbons (Fsp3) is 0.600. The molecule has 108 valence electrons. The van der Waals surface area contributed by atoms with Crippen molar-refractivity contribution in [2.75, 3.05) is 12.8 Å². The van der Waals surface area contributed by atoms with E-state index in [1.54, 1.807) is 12.1 Å². The lowest BCUT2D eigenvalue weighted by Gasteiger charge is -2.32. The predicted molar refractivity (Wildman–Crippen MR) is 80.0 cm³/mol. The number of nitrogens with one attached hydrogen (secondary N) is 1. The van der Waals surface area contributed by atoms with Gasteiger partial charge in [0.2, 0.25) is 0 Å². The molecule has 0 aromatic heterocycles. The van der Waals surface area contributed by atoms with E-state index in [0.717, 1.165) is 18.5 Å². The predicted octanol–water partition coefficient (Wildman–Crippen LogP) is 3.18. The van der Waals surface area contributed by atoms with Gasteiger partial charge in [0.15, 0.2) is 9.84 Å². The van der Waals surface area contributed by atoms with E-state index < -0.39 is 9.84 Å². The van der Waals surface area contributed by atoms with Gasteiger partial charge in [0.25, 0.3) is 0 Å². The van der Waals surface area contributed by atoms with Crippen molar-refractivity contribution in [1.29, 1.82) is 0 Å². The van der Waals surface area contributed by atoms with E-state index in [9.17, 15) is 8.42 Å². The summed E-state index contributed by atoms with van der Waals surface area (Å²) in [6, 6.07) is 7.43. The molecule has 0 spiro atoms. The van der Waals surface area contributed by atoms with E-state index >= 15 is 0 Å². The SMILES string of the molecule is CCCNC(c1ccc(S(C)(=O)=O)cc1)C(C)(C)C. The summed E-state index contributed by atoms with van der Waals surface area (Å²) in [5.41, 5.74) is 1.22. The van der Waals surface area contributed by atoms with Crippen molar-refractivity contribution in [2.45, 2.75) is 45.1 Å². The third-order valence-electron chi connectivity index (χ3n) is 3.11. The molecule has 0 fully saturated rings. The number of hydrogen-bond acceptors (Lipinski definition) is 3. The van der Waals surface area contributed by atoms with Gasteiger partial charge in [-0.05, 0) is 36.1 Å². The lowest BCUT2D eigenvalue weighted by Crippen LogP contribution is -2.32. The Morgan fingerprint density at radius 3 is 2.05 bits per heavy atom. The number of benzene rings is 1. The van der Waals surface area contributed by atoms with E-state index in [0.29, 0.717) is 4.90 Å². The van der Waals surface area contributed by atoms with E-state index in [2.05, 4.69) is 33.0 Å². The first kappa shape index (κ1) is 16.2. The van der Waals surface area contributed by atoms with Gasteiger partial charge in [-0.1, -0.05) is 39.8 Å². The molecule has 19 heavy (non-hydrogen) atoms. The smallest absolute Gasteiger partial charge is 0.175 e. The fourth-order valence-electron chi connectivity index (χ4n) is 2.12. The van der Waals surface area contributed by atoms with Gasteiger partial charge in [0.05, 0.1) is 4.90 Å². The van der Waals surface area contributed by atoms with Crippen LogP contribution in [0.2, 0.25) is 0 Å². The van der Waals surface area contributed by atoms with Crippen LogP contribution in [0, 0.1) is 5.41 Å². The molecule has 1 aromatic carbocycles. The van der Waals surface area contributed by atoms with Crippen LogP contribution in [0.4, 0.5) is 0 Å². The average molecular weight is 283 g/mol. The second-order valence-electron chi connectivity index (χ2n) is 6.09. The van der Waals surface area contributed by atoms with Gasteiger partial charge in [-0.15, -0.1) is 0 Å². The zero-order valence-electron chi connectivity index (χ0n) is 12.5. The van der Waals surface area contributed by atoms with Crippen molar-refractivity contribution >= 4 is 9.84 Å². The molecule has 1 N–H and O–H groups in total. The van der Waals surface area contributed by atoms with Crippen LogP contribution in [0.1, 0.15) is 45.7 Å². The van der Waals surface area contributed by atoms with Crippen molar-refractivity contribution < 1.29 is 8.42 Å². The number of hydrogen-bond donors (Lipinski definition) is 1. The molecule has 0 saturated heterocycles. The van der Waals surface area contributed by atoms with Crippen molar-refractivity contribution in [1.82, 2.24) is 5.32 Å². The Labute approximate surface area is 117 Å². The molecule has 0 amide bonds. The van der Waals surface area contributed by atoms with Crippen LogP contribution in [0.15, 0.2) is 29.2 Å². The molecule has 1 rings (SSSR count). The molecular formula is C15H25NO2S. The van der Waals surface area contributed by atoms with Crippen LogP contribution in [0.25, 0.3) is 0 Å². The van der Waals surface area contributed by atoms with Crippen LogP contribution in [0.5, 0.6) is 0 Å². The average Bonchev–Trinajstić information content (AvgIpc) is 2.27. The molecule has 1 atom stereocenters. The summed E-state index contributed by atoms with van der Waals surface area (Å²) >= 11 is 0. The highest BCUT2D eigenvalue weighted by molar-refractivity contribution is 7.90. The normalized spacial score (nSPS) is 14.4. The van der Waals surface area contributed by atoms with E-state index in [1.165, 1.54) is 6.26 Å². The van der Waals surface area contributed by atoms with E-state index in [1.807, 2.05) is 12.1 Å². The lowest BCUT2D eigenvalue weighted by molar-refractivity contribution is 0.273. The van der Waals surface area contributed by atoms with Crippen molar-refractivity contribution in [3.8, 4) is 0 Å². The standard InChI is InChI=1S/C15H25NO2S/c1-6-11-16-14(15(2,3)4)12-7-9-13(10-8-12)19(5,17)18/h7-10,14,16H,6,11H2,1-5H3. The monoisotopic (exact) mass is 283 g/mol. The largest absolute Gasteiger partial charge is 0.309 e. The first-order valence-electron chi connectivity index (χ1n) is 6.69. The summed E-state index contributed by atoms with van der Waals surface area (Å²) in [7, 11) is -3.12. The molecule has 0 aliphatic heterocycles. The third kappa shape index (κ3) is 4.62. The highest BCUT2D eigenvalue weighted by Gasteiger charge is 2.25. The summed E-state index contributed by atoms with van der Waals surface area (Å²) in [4.78, 5) is 0.374. The van der Waals surface area contributed by atoms with E-state index in [-0.39, 0.29) is 11.5 Å². The minimum absolute atomic E-state index is 0.0851. The van der Waals surface area contributed by atoms with Crippen molar-refractivity contribution in [2.24, 2.45) is 5.41 Å². The molecule has 0 saturated carbocycles. The minimum Gasteiger partial charge on any atom is -0.309 e. The summed E-state index contributed by atoms with van der Waals surface area (Å²) < 4.78 is 22.9. The molecular weight excluding hydrogens is 258 g/mol. The maximum Gasteiger partial charge on any atom is 0.175 e. The first-order chi connectivity index (χ1) is 8.66. The molecule has 0 bridgehead atoms. The summed E-state index contributed by atoms with van der Waals surface area (Å²) in [6.07, 6.45) is 2.31. The second-order valence-corrected chi connectivity index (χ2v) is 8.11. The van der Waals surface area contributed by atoms with E-state index in [4.69, 9.17) is 0 Å². The Morgan fingerprint density at radius 2 is 1.68 bits per heavy atom. The molecule has 0 heterocycles. The molecule has 3 nitrogen and oxygen atoms in total. The number of sulfone groups is 1. The van der Waals surface area contributed by atoms with Gasteiger partial charge in [0.1, 0.15) is 0 Å². The van der Waals surface area contributed by atoms with Gasteiger partial charge in [0, 0.05) is 12.3 Å². The summed E-state index contributed by atoms with van der Waals surface area (Å²) in [5.74, 6) is 0. The van der Waals surface area contributed by atoms with Gasteiger partial charge in [-0.2, -0.15) is 0 Å². The van der Waals surface area contributed by atoms with Gasteiger partial charge >= 0.3 is 0 Å². The molecule has 1 aromatic rings. The van der Waals surface area contributed by atoms with Gasteiger partial charge < -0.3 is 5.32 Å². The van der Waals surface area contributed by atoms with Crippen LogP contribution < -0.4 is 5.32 Å². The maximum atomic E-state index is 11.5. The minimum atomic E-state index is -3.12. The zero-order valence-corrected chi connectivity index (χ0v) is 13.3. The molecule has 0 aliphatic carbocycles. The third-order valence-corrected chi connectivity index (χ3v) is 4.23. The Morgan fingerprint density at radius 1 is 1.16 bits per heavy atom. The van der Waals surface area contributed by atoms with Gasteiger partial charge in [-0.3, -0.25) is 0 Å². The molecule has 0 aliphatic rings. The Bertz CT molecular complexity index is 498. The van der Waals surface area contributed by atoms with Crippen LogP contribution in [0.3, 0.4) is 0 Å². The summed E-state index contributed by atoms with van der Waals surface area (Å²) in [6.45, 7) is 9.65. The Hall–Kier alpha value is -0.870. The van der Waals surface area contributed by atoms with Crippen molar-refractivity contribution in [3.63, 3.8) is 0 Å². The highest BCUT2D eigenvalue weighted by Crippen LogP contribution is 2.33. The maximum absolute atomic E-state index is 11.5. The first-order valence-corrected chi connectivity index (χ1v) is 8.59. The zero-order chi connectivity index (χ0) is 14.7. The lowest BCUT2D eigenvalue weighted by atomic mass is 9.82. The quantitative estimate of drug-likeness (QED) is 0.903. The molecule has 1 unspecified atom stereocenters. The highest BCUT2D eigenvalue weighted by atomic mass is 32.2. The molecule has 0 radical (unpaired) electrons. The summed E-state index contributed by atoms with van der Waals surface area (Å²) in [5, 5.41) is 3.53. The van der Waals surface area contributed by atoms with Crippen LogP contribution >= 0.6 is 0 Å². The Kier molecular flexibility index (Phi) is 5.16. The van der Waals surface area contributed by atoms with Crippen LogP contribution in [-0.4, -0.2) is 21.2 Å². The Balaban J connectivity index is 3.04. The number of rotatable bonds is 5. The second kappa shape index (κ2) is 6.06. The van der Waals surface area contributed by atoms with Crippen LogP contribution in [-0.2, 0) is 9.84 Å². The molecule has 4 heteroatoms. The fourth-order valence-corrected chi connectivity index (χ4v) is 2.75.